The average Bonchev–Trinajstić information content (AvgIpc) is 2.74. The summed E-state index contributed by atoms with van der Waals surface area (Å²) in [6.45, 7) is 2.19. The lowest BCUT2D eigenvalue weighted by molar-refractivity contribution is 0.0711. The van der Waals surface area contributed by atoms with Crippen LogP contribution in [0.3, 0.4) is 0 Å². The molecule has 1 aromatic heterocycles. The number of nitrogens with two attached hydrogens (primary N) is 1. The van der Waals surface area contributed by atoms with Gasteiger partial charge in [-0.1, -0.05) is 25.7 Å². The van der Waals surface area contributed by atoms with Crippen molar-refractivity contribution in [2.24, 2.45) is 5.73 Å². The van der Waals surface area contributed by atoms with Crippen LogP contribution in [0.5, 0.6) is 0 Å². The molecule has 1 aliphatic rings. The van der Waals surface area contributed by atoms with Gasteiger partial charge in [0.05, 0.1) is 19.8 Å². The van der Waals surface area contributed by atoms with Crippen molar-refractivity contribution in [3.05, 3.63) is 18.5 Å². The monoisotopic (exact) mass is 237 g/mol. The summed E-state index contributed by atoms with van der Waals surface area (Å²) in [6, 6.07) is 1.93. The molecule has 0 radical (unpaired) electrons. The topological polar surface area (TPSA) is 53.1 Å². The minimum Gasteiger partial charge on any atom is -0.378 e. The highest BCUT2D eigenvalue weighted by Crippen LogP contribution is 2.25. The molecule has 1 heterocycles. The molecule has 17 heavy (non-hydrogen) atoms. The number of rotatable bonds is 5. The van der Waals surface area contributed by atoms with Gasteiger partial charge in [0.25, 0.3) is 0 Å². The summed E-state index contributed by atoms with van der Waals surface area (Å²) in [6.07, 6.45) is 11.1. The third-order valence-corrected chi connectivity index (χ3v) is 3.51. The molecule has 0 atom stereocenters. The van der Waals surface area contributed by atoms with Gasteiger partial charge in [-0.3, -0.25) is 4.68 Å². The number of ether oxygens (including phenoxy) is 1. The van der Waals surface area contributed by atoms with E-state index in [1.807, 2.05) is 16.9 Å². The van der Waals surface area contributed by atoms with E-state index in [2.05, 4.69) is 5.10 Å². The van der Waals surface area contributed by atoms with Gasteiger partial charge >= 0.3 is 0 Å². The molecule has 96 valence electrons. The summed E-state index contributed by atoms with van der Waals surface area (Å²) in [4.78, 5) is 0. The molecule has 0 aliphatic heterocycles. The molecule has 0 unspecified atom stereocenters. The molecule has 0 bridgehead atoms. The maximum absolute atomic E-state index is 6.37. The molecule has 2 rings (SSSR count). The van der Waals surface area contributed by atoms with E-state index in [9.17, 15) is 0 Å². The molecule has 0 amide bonds. The first-order valence-corrected chi connectivity index (χ1v) is 6.63. The Morgan fingerprint density at radius 2 is 2.00 bits per heavy atom. The Labute approximate surface area is 103 Å². The Bertz CT molecular complexity index is 302. The smallest absolute Gasteiger partial charge is 0.0663 e. The van der Waals surface area contributed by atoms with Crippen molar-refractivity contribution >= 4 is 0 Å². The number of aromatic nitrogens is 2. The largest absolute Gasteiger partial charge is 0.378 e. The van der Waals surface area contributed by atoms with E-state index >= 15 is 0 Å². The fourth-order valence-electron chi connectivity index (χ4n) is 2.44. The number of hydrogen-bond donors (Lipinski definition) is 1. The van der Waals surface area contributed by atoms with Crippen LogP contribution in [-0.2, 0) is 11.3 Å². The normalized spacial score (nSPS) is 20.1. The van der Waals surface area contributed by atoms with Gasteiger partial charge < -0.3 is 10.5 Å². The molecule has 0 saturated heterocycles. The summed E-state index contributed by atoms with van der Waals surface area (Å²) >= 11 is 0. The van der Waals surface area contributed by atoms with Gasteiger partial charge in [-0.15, -0.1) is 0 Å². The Morgan fingerprint density at radius 1 is 1.24 bits per heavy atom. The van der Waals surface area contributed by atoms with Crippen LogP contribution in [0.25, 0.3) is 0 Å². The van der Waals surface area contributed by atoms with Gasteiger partial charge in [0.15, 0.2) is 0 Å². The highest BCUT2D eigenvalue weighted by atomic mass is 16.5. The molecule has 0 spiro atoms. The van der Waals surface area contributed by atoms with Crippen LogP contribution in [0.15, 0.2) is 18.5 Å². The summed E-state index contributed by atoms with van der Waals surface area (Å²) in [5, 5.41) is 4.14. The molecule has 2 N–H and O–H groups in total. The van der Waals surface area contributed by atoms with Gasteiger partial charge in [-0.05, 0) is 18.9 Å². The molecule has 4 heteroatoms. The zero-order valence-electron chi connectivity index (χ0n) is 10.5. The maximum Gasteiger partial charge on any atom is 0.0663 e. The van der Waals surface area contributed by atoms with E-state index in [0.29, 0.717) is 13.2 Å². The van der Waals surface area contributed by atoms with Gasteiger partial charge in [0.1, 0.15) is 0 Å². The maximum atomic E-state index is 6.37. The molecular weight excluding hydrogens is 214 g/mol. The molecule has 1 aliphatic carbocycles. The molecule has 1 saturated carbocycles. The van der Waals surface area contributed by atoms with Crippen molar-refractivity contribution in [2.45, 2.75) is 50.6 Å². The second-order valence-electron chi connectivity index (χ2n) is 5.10. The van der Waals surface area contributed by atoms with Crippen molar-refractivity contribution in [2.75, 3.05) is 13.2 Å². The summed E-state index contributed by atoms with van der Waals surface area (Å²) in [5.41, 5.74) is 6.29. The second kappa shape index (κ2) is 6.17. The van der Waals surface area contributed by atoms with Crippen molar-refractivity contribution < 1.29 is 4.74 Å². The predicted octanol–water partition coefficient (Wildman–Crippen LogP) is 1.95. The van der Waals surface area contributed by atoms with Gasteiger partial charge in [0, 0.05) is 17.9 Å². The van der Waals surface area contributed by atoms with Crippen LogP contribution in [0.2, 0.25) is 0 Å². The first kappa shape index (κ1) is 12.6. The first-order chi connectivity index (χ1) is 8.29. The minimum absolute atomic E-state index is 0.0827. The standard InChI is InChI=1S/C13H23N3O/c14-13(6-3-1-2-4-7-13)12-17-11-10-16-9-5-8-15-16/h5,8-9H,1-4,6-7,10-12,14H2. The van der Waals surface area contributed by atoms with Crippen LogP contribution < -0.4 is 5.73 Å². The summed E-state index contributed by atoms with van der Waals surface area (Å²) in [7, 11) is 0. The van der Waals surface area contributed by atoms with Crippen LogP contribution >= 0.6 is 0 Å². The fraction of sp³-hybridized carbons (Fsp3) is 0.769. The fourth-order valence-corrected chi connectivity index (χ4v) is 2.44. The van der Waals surface area contributed by atoms with Crippen LogP contribution in [-0.4, -0.2) is 28.5 Å². The van der Waals surface area contributed by atoms with E-state index in [0.717, 1.165) is 19.4 Å². The Balaban J connectivity index is 1.66. The quantitative estimate of drug-likeness (QED) is 0.629. The van der Waals surface area contributed by atoms with Crippen molar-refractivity contribution in [1.29, 1.82) is 0 Å². The van der Waals surface area contributed by atoms with Crippen LogP contribution in [0.1, 0.15) is 38.5 Å². The molecule has 1 aromatic rings. The molecule has 1 fully saturated rings. The summed E-state index contributed by atoms with van der Waals surface area (Å²) in [5.74, 6) is 0. The van der Waals surface area contributed by atoms with Gasteiger partial charge in [-0.25, -0.2) is 0 Å². The van der Waals surface area contributed by atoms with E-state index in [1.54, 1.807) is 6.20 Å². The lowest BCUT2D eigenvalue weighted by atomic mass is 9.93. The van der Waals surface area contributed by atoms with E-state index < -0.39 is 0 Å². The Hall–Kier alpha value is -0.870. The zero-order chi connectivity index (χ0) is 12.0. The van der Waals surface area contributed by atoms with Crippen molar-refractivity contribution in [3.8, 4) is 0 Å². The average molecular weight is 237 g/mol. The van der Waals surface area contributed by atoms with Gasteiger partial charge in [0.2, 0.25) is 0 Å². The predicted molar refractivity (Wildman–Crippen MR) is 67.7 cm³/mol. The van der Waals surface area contributed by atoms with Crippen LogP contribution in [0.4, 0.5) is 0 Å². The minimum atomic E-state index is -0.0827. The third kappa shape index (κ3) is 4.13. The molecule has 4 nitrogen and oxygen atoms in total. The number of hydrogen-bond acceptors (Lipinski definition) is 3. The van der Waals surface area contributed by atoms with E-state index in [4.69, 9.17) is 10.5 Å². The zero-order valence-corrected chi connectivity index (χ0v) is 10.5. The Morgan fingerprint density at radius 3 is 2.65 bits per heavy atom. The second-order valence-corrected chi connectivity index (χ2v) is 5.10. The van der Waals surface area contributed by atoms with Crippen LogP contribution in [0, 0.1) is 0 Å². The number of nitrogens with zero attached hydrogens (tertiary/aromatic N) is 2. The summed E-state index contributed by atoms with van der Waals surface area (Å²) < 4.78 is 7.60. The van der Waals surface area contributed by atoms with Crippen molar-refractivity contribution in [1.82, 2.24) is 9.78 Å². The molecular formula is C13H23N3O. The highest BCUT2D eigenvalue weighted by molar-refractivity contribution is 4.85. The highest BCUT2D eigenvalue weighted by Gasteiger charge is 2.26. The molecule has 0 aromatic carbocycles. The van der Waals surface area contributed by atoms with E-state index in [1.165, 1.54) is 25.7 Å². The lowest BCUT2D eigenvalue weighted by Crippen LogP contribution is -2.44. The van der Waals surface area contributed by atoms with E-state index in [-0.39, 0.29) is 5.54 Å². The third-order valence-electron chi connectivity index (χ3n) is 3.51. The van der Waals surface area contributed by atoms with Gasteiger partial charge in [-0.2, -0.15) is 5.10 Å². The lowest BCUT2D eigenvalue weighted by Gasteiger charge is -2.27. The first-order valence-electron chi connectivity index (χ1n) is 6.63. The Kier molecular flexibility index (Phi) is 4.57. The van der Waals surface area contributed by atoms with Crippen molar-refractivity contribution in [3.63, 3.8) is 0 Å². The SMILES string of the molecule is NC1(COCCn2cccn2)CCCCCC1.